The van der Waals surface area contributed by atoms with Gasteiger partial charge in [0.15, 0.2) is 0 Å². The lowest BCUT2D eigenvalue weighted by Crippen LogP contribution is -2.81. The number of pyridine rings is 1. The minimum atomic E-state index is -0.887. The molecule has 0 spiro atoms. The van der Waals surface area contributed by atoms with Gasteiger partial charge in [-0.25, -0.2) is 0 Å². The molecule has 0 radical (unpaired) electrons. The van der Waals surface area contributed by atoms with Crippen molar-refractivity contribution in [2.45, 2.75) is 45.3 Å². The smallest absolute Gasteiger partial charge is 0.245 e. The van der Waals surface area contributed by atoms with Gasteiger partial charge in [-0.1, -0.05) is 13.8 Å². The Morgan fingerprint density at radius 2 is 2.09 bits per heavy atom. The molecule has 3 N–H and O–H groups in total. The minimum Gasteiger partial charge on any atom is -0.377 e. The number of nitrogens with zero attached hydrogens (tertiary/aromatic N) is 1. The van der Waals surface area contributed by atoms with Crippen molar-refractivity contribution in [2.24, 2.45) is 17.1 Å². The Morgan fingerprint density at radius 1 is 1.39 bits per heavy atom. The number of halogens is 2. The molecule has 1 amide bonds. The normalized spacial score (nSPS) is 30.8. The van der Waals surface area contributed by atoms with E-state index < -0.39 is 5.54 Å². The first-order valence-corrected chi connectivity index (χ1v) is 7.51. The molecule has 0 bridgehead atoms. The molecule has 2 heterocycles. The topological polar surface area (TPSA) is 77.2 Å². The third-order valence-electron chi connectivity index (χ3n) is 5.19. The SMILES string of the molecule is Cc1cncc(NC(=O)C2(N)C3CCCOC3C2(C)C)c1.Cl.Cl. The van der Waals surface area contributed by atoms with Crippen molar-refractivity contribution in [3.8, 4) is 0 Å². The molecule has 3 unspecified atom stereocenters. The number of carbonyl (C=O) groups excluding carboxylic acids is 1. The van der Waals surface area contributed by atoms with Crippen LogP contribution in [0.5, 0.6) is 0 Å². The standard InChI is InChI=1S/C16H23N3O2.2ClH/c1-10-7-11(9-18-8-10)19-14(20)16(17)12-5-4-6-21-13(12)15(16,2)3;;/h7-9,12-13H,4-6,17H2,1-3H3,(H,19,20);2*1H. The molecule has 2 aliphatic rings. The van der Waals surface area contributed by atoms with Crippen LogP contribution in [0, 0.1) is 18.3 Å². The van der Waals surface area contributed by atoms with Crippen LogP contribution in [-0.4, -0.2) is 29.1 Å². The molecule has 1 aliphatic heterocycles. The van der Waals surface area contributed by atoms with E-state index in [0.29, 0.717) is 5.69 Å². The Bertz CT molecular complexity index is 582. The van der Waals surface area contributed by atoms with E-state index in [0.717, 1.165) is 25.0 Å². The van der Waals surface area contributed by atoms with Crippen molar-refractivity contribution >= 4 is 36.4 Å². The number of hydrogen-bond donors (Lipinski definition) is 2. The van der Waals surface area contributed by atoms with Gasteiger partial charge in [0.05, 0.1) is 18.0 Å². The molecule has 1 aliphatic carbocycles. The summed E-state index contributed by atoms with van der Waals surface area (Å²) in [6.07, 6.45) is 5.40. The number of amides is 1. The van der Waals surface area contributed by atoms with Crippen LogP contribution in [0.4, 0.5) is 5.69 Å². The molecule has 23 heavy (non-hydrogen) atoms. The lowest BCUT2D eigenvalue weighted by molar-refractivity contribution is -0.222. The van der Waals surface area contributed by atoms with Crippen molar-refractivity contribution < 1.29 is 9.53 Å². The van der Waals surface area contributed by atoms with E-state index in [1.165, 1.54) is 0 Å². The van der Waals surface area contributed by atoms with Crippen LogP contribution in [0.2, 0.25) is 0 Å². The van der Waals surface area contributed by atoms with Crippen molar-refractivity contribution in [1.82, 2.24) is 4.98 Å². The summed E-state index contributed by atoms with van der Waals surface area (Å²) in [5.41, 5.74) is 7.00. The number of nitrogens with two attached hydrogens (primary N) is 1. The van der Waals surface area contributed by atoms with Crippen LogP contribution < -0.4 is 11.1 Å². The first-order valence-electron chi connectivity index (χ1n) is 7.51. The van der Waals surface area contributed by atoms with Crippen LogP contribution in [0.3, 0.4) is 0 Å². The van der Waals surface area contributed by atoms with Gasteiger partial charge < -0.3 is 15.8 Å². The maximum Gasteiger partial charge on any atom is 0.245 e. The lowest BCUT2D eigenvalue weighted by Gasteiger charge is -2.65. The van der Waals surface area contributed by atoms with Gasteiger partial charge in [0.2, 0.25) is 5.91 Å². The maximum atomic E-state index is 12.8. The summed E-state index contributed by atoms with van der Waals surface area (Å²) in [6, 6.07) is 1.90. The second-order valence-corrected chi connectivity index (χ2v) is 6.84. The molecule has 1 aromatic heterocycles. The van der Waals surface area contributed by atoms with Gasteiger partial charge in [0.1, 0.15) is 5.54 Å². The van der Waals surface area contributed by atoms with Crippen molar-refractivity contribution in [2.75, 3.05) is 11.9 Å². The van der Waals surface area contributed by atoms with E-state index in [1.54, 1.807) is 12.4 Å². The molecule has 1 aromatic rings. The van der Waals surface area contributed by atoms with E-state index in [2.05, 4.69) is 10.3 Å². The van der Waals surface area contributed by atoms with Gasteiger partial charge in [-0.3, -0.25) is 9.78 Å². The number of aromatic nitrogens is 1. The second kappa shape index (κ2) is 6.93. The van der Waals surface area contributed by atoms with Gasteiger partial charge in [0.25, 0.3) is 0 Å². The van der Waals surface area contributed by atoms with E-state index >= 15 is 0 Å². The van der Waals surface area contributed by atoms with E-state index in [9.17, 15) is 4.79 Å². The average molecular weight is 362 g/mol. The second-order valence-electron chi connectivity index (χ2n) is 6.84. The molecule has 3 atom stereocenters. The number of anilines is 1. The molecular weight excluding hydrogens is 337 g/mol. The first kappa shape index (κ1) is 20.2. The zero-order valence-electron chi connectivity index (χ0n) is 13.7. The minimum absolute atomic E-state index is 0. The molecule has 1 saturated heterocycles. The van der Waals surface area contributed by atoms with Crippen LogP contribution in [0.1, 0.15) is 32.3 Å². The van der Waals surface area contributed by atoms with Crippen molar-refractivity contribution in [3.63, 3.8) is 0 Å². The Labute approximate surface area is 149 Å². The zero-order chi connectivity index (χ0) is 15.3. The Balaban J connectivity index is 0.00000132. The highest BCUT2D eigenvalue weighted by atomic mass is 35.5. The van der Waals surface area contributed by atoms with Crippen molar-refractivity contribution in [3.05, 3.63) is 24.0 Å². The van der Waals surface area contributed by atoms with Gasteiger partial charge in [-0.05, 0) is 31.4 Å². The number of nitrogens with one attached hydrogen (secondary N) is 1. The summed E-state index contributed by atoms with van der Waals surface area (Å²) in [4.78, 5) is 16.9. The summed E-state index contributed by atoms with van der Waals surface area (Å²) in [5.74, 6) is -0.0364. The molecule has 3 rings (SSSR count). The predicted octanol–water partition coefficient (Wildman–Crippen LogP) is 2.70. The fraction of sp³-hybridized carbons (Fsp3) is 0.625. The molecule has 1 saturated carbocycles. The van der Waals surface area contributed by atoms with Crippen molar-refractivity contribution in [1.29, 1.82) is 0 Å². The largest absolute Gasteiger partial charge is 0.377 e. The van der Waals surface area contributed by atoms with E-state index in [4.69, 9.17) is 10.5 Å². The molecule has 2 fully saturated rings. The molecule has 130 valence electrons. The highest BCUT2D eigenvalue weighted by Crippen LogP contribution is 2.57. The Hall–Kier alpha value is -0.880. The number of carbonyl (C=O) groups is 1. The Morgan fingerprint density at radius 3 is 2.74 bits per heavy atom. The zero-order valence-corrected chi connectivity index (χ0v) is 15.3. The third kappa shape index (κ3) is 2.95. The maximum absolute atomic E-state index is 12.8. The molecular formula is C16H25Cl2N3O2. The molecule has 7 heteroatoms. The van der Waals surface area contributed by atoms with Crippen LogP contribution in [0.25, 0.3) is 0 Å². The third-order valence-corrected chi connectivity index (χ3v) is 5.19. The number of aryl methyl sites for hydroxylation is 1. The van der Waals surface area contributed by atoms with Gasteiger partial charge in [-0.2, -0.15) is 0 Å². The quantitative estimate of drug-likeness (QED) is 0.848. The fourth-order valence-corrected chi connectivity index (χ4v) is 3.89. The van der Waals surface area contributed by atoms with E-state index in [1.807, 2.05) is 26.8 Å². The monoisotopic (exact) mass is 361 g/mol. The molecule has 5 nitrogen and oxygen atoms in total. The highest BCUT2D eigenvalue weighted by molar-refractivity contribution is 6.00. The summed E-state index contributed by atoms with van der Waals surface area (Å²) in [7, 11) is 0. The summed E-state index contributed by atoms with van der Waals surface area (Å²) < 4.78 is 5.83. The lowest BCUT2D eigenvalue weighted by atomic mass is 9.46. The average Bonchev–Trinajstić information content (AvgIpc) is 2.46. The summed E-state index contributed by atoms with van der Waals surface area (Å²) in [6.45, 7) is 6.75. The fourth-order valence-electron chi connectivity index (χ4n) is 3.89. The van der Waals surface area contributed by atoms with Gasteiger partial charge in [0, 0.05) is 24.1 Å². The number of rotatable bonds is 2. The number of ether oxygens (including phenoxy) is 1. The van der Waals surface area contributed by atoms with Crippen LogP contribution in [-0.2, 0) is 9.53 Å². The number of fused-ring (bicyclic) bond motifs is 1. The summed E-state index contributed by atoms with van der Waals surface area (Å²) in [5, 5.41) is 2.93. The predicted molar refractivity (Wildman–Crippen MR) is 95.3 cm³/mol. The molecule has 0 aromatic carbocycles. The van der Waals surface area contributed by atoms with E-state index in [-0.39, 0.29) is 48.2 Å². The van der Waals surface area contributed by atoms with Gasteiger partial charge in [-0.15, -0.1) is 24.8 Å². The Kier molecular flexibility index (Phi) is 6.08. The van der Waals surface area contributed by atoms with Gasteiger partial charge >= 0.3 is 0 Å². The van der Waals surface area contributed by atoms with Crippen LogP contribution in [0.15, 0.2) is 18.5 Å². The van der Waals surface area contributed by atoms with Crippen LogP contribution >= 0.6 is 24.8 Å². The number of hydrogen-bond acceptors (Lipinski definition) is 4. The first-order chi connectivity index (χ1) is 9.87. The highest BCUT2D eigenvalue weighted by Gasteiger charge is 2.70. The summed E-state index contributed by atoms with van der Waals surface area (Å²) >= 11 is 0.